The molecule has 1 fully saturated rings. The number of hydrogen-bond donors (Lipinski definition) is 3. The van der Waals surface area contributed by atoms with E-state index in [2.05, 4.69) is 10.6 Å². The molecule has 0 aromatic rings. The zero-order chi connectivity index (χ0) is 15.0. The van der Waals surface area contributed by atoms with Crippen molar-refractivity contribution in [3.8, 4) is 0 Å². The van der Waals surface area contributed by atoms with Crippen LogP contribution in [0.5, 0.6) is 0 Å². The van der Waals surface area contributed by atoms with Crippen LogP contribution < -0.4 is 10.6 Å². The van der Waals surface area contributed by atoms with Crippen LogP contribution in [0.3, 0.4) is 0 Å². The lowest BCUT2D eigenvalue weighted by molar-refractivity contribution is -0.121. The van der Waals surface area contributed by atoms with Crippen molar-refractivity contribution >= 4 is 11.9 Å². The summed E-state index contributed by atoms with van der Waals surface area (Å²) < 4.78 is 0. The van der Waals surface area contributed by atoms with E-state index in [1.54, 1.807) is 11.9 Å². The van der Waals surface area contributed by atoms with E-state index in [1.807, 2.05) is 6.92 Å². The number of carbonyl (C=O) groups excluding carboxylic acids is 2. The van der Waals surface area contributed by atoms with Crippen LogP contribution in [0.25, 0.3) is 0 Å². The molecule has 0 bridgehead atoms. The minimum atomic E-state index is -0.668. The Kier molecular flexibility index (Phi) is 6.95. The summed E-state index contributed by atoms with van der Waals surface area (Å²) in [5.74, 6) is -0.344. The van der Waals surface area contributed by atoms with Gasteiger partial charge in [-0.15, -0.1) is 0 Å². The van der Waals surface area contributed by atoms with Gasteiger partial charge < -0.3 is 10.4 Å². The van der Waals surface area contributed by atoms with Crippen LogP contribution in [0.15, 0.2) is 0 Å². The smallest absolute Gasteiger partial charge is 0.321 e. The monoisotopic (exact) mass is 285 g/mol. The van der Waals surface area contributed by atoms with Crippen molar-refractivity contribution in [3.63, 3.8) is 0 Å². The summed E-state index contributed by atoms with van der Waals surface area (Å²) in [4.78, 5) is 24.8. The van der Waals surface area contributed by atoms with E-state index in [9.17, 15) is 14.7 Å². The highest BCUT2D eigenvalue weighted by atomic mass is 16.3. The molecule has 0 spiro atoms. The fraction of sp³-hybridized carbons (Fsp3) is 0.857. The fourth-order valence-electron chi connectivity index (χ4n) is 2.58. The molecule has 0 unspecified atom stereocenters. The minimum Gasteiger partial charge on any atom is -0.389 e. The number of imide groups is 1. The molecule has 1 aliphatic rings. The molecule has 0 aromatic heterocycles. The third-order valence-corrected chi connectivity index (χ3v) is 3.58. The van der Waals surface area contributed by atoms with Crippen molar-refractivity contribution in [3.05, 3.63) is 0 Å². The largest absolute Gasteiger partial charge is 0.389 e. The molecule has 0 radical (unpaired) electrons. The van der Waals surface area contributed by atoms with Crippen LogP contribution in [-0.2, 0) is 4.79 Å². The van der Waals surface area contributed by atoms with E-state index < -0.39 is 11.6 Å². The highest BCUT2D eigenvalue weighted by Crippen LogP contribution is 2.29. The summed E-state index contributed by atoms with van der Waals surface area (Å²) in [7, 11) is 1.78. The Morgan fingerprint density at radius 3 is 2.55 bits per heavy atom. The number of nitrogens with one attached hydrogen (secondary N) is 2. The van der Waals surface area contributed by atoms with Crippen molar-refractivity contribution in [2.45, 2.75) is 51.0 Å². The lowest BCUT2D eigenvalue weighted by Crippen LogP contribution is -2.47. The molecule has 0 saturated heterocycles. The molecule has 0 aromatic carbocycles. The maximum absolute atomic E-state index is 11.7. The first-order valence-electron chi connectivity index (χ1n) is 7.44. The summed E-state index contributed by atoms with van der Waals surface area (Å²) in [6.07, 6.45) is 5.55. The standard InChI is InChI=1S/C14H27N3O3/c1-3-4-9-15-13(19)16-12(18)10-17(2)11-14(20)7-5-6-8-14/h20H,3-11H2,1-2H3,(H2,15,16,18,19). The minimum absolute atomic E-state index is 0.115. The molecule has 6 nitrogen and oxygen atoms in total. The molecular weight excluding hydrogens is 258 g/mol. The molecule has 0 atom stereocenters. The SMILES string of the molecule is CCCCNC(=O)NC(=O)CN(C)CC1(O)CCCC1. The number of carbonyl (C=O) groups is 2. The predicted molar refractivity (Wildman–Crippen MR) is 77.4 cm³/mol. The van der Waals surface area contributed by atoms with E-state index in [0.717, 1.165) is 38.5 Å². The molecule has 1 saturated carbocycles. The second kappa shape index (κ2) is 8.21. The van der Waals surface area contributed by atoms with Crippen molar-refractivity contribution < 1.29 is 14.7 Å². The Labute approximate surface area is 120 Å². The van der Waals surface area contributed by atoms with Crippen molar-refractivity contribution in [1.29, 1.82) is 0 Å². The molecule has 116 valence electrons. The van der Waals surface area contributed by atoms with Crippen LogP contribution >= 0.6 is 0 Å². The highest BCUT2D eigenvalue weighted by molar-refractivity contribution is 5.95. The normalized spacial score (nSPS) is 17.2. The number of aliphatic hydroxyl groups is 1. The number of urea groups is 1. The first-order valence-corrected chi connectivity index (χ1v) is 7.44. The van der Waals surface area contributed by atoms with Gasteiger partial charge in [-0.3, -0.25) is 15.0 Å². The number of nitrogens with zero attached hydrogens (tertiary/aromatic N) is 1. The first kappa shape index (κ1) is 16.9. The van der Waals surface area contributed by atoms with Crippen molar-refractivity contribution in [2.24, 2.45) is 0 Å². The van der Waals surface area contributed by atoms with Crippen LogP contribution in [0.4, 0.5) is 4.79 Å². The molecule has 0 aliphatic heterocycles. The van der Waals surface area contributed by atoms with E-state index >= 15 is 0 Å². The second-order valence-electron chi connectivity index (χ2n) is 5.76. The molecule has 3 N–H and O–H groups in total. The van der Waals surface area contributed by atoms with E-state index in [4.69, 9.17) is 0 Å². The van der Waals surface area contributed by atoms with Gasteiger partial charge in [0, 0.05) is 13.1 Å². The average Bonchev–Trinajstić information content (AvgIpc) is 2.75. The Morgan fingerprint density at radius 1 is 1.30 bits per heavy atom. The number of rotatable bonds is 7. The molecule has 0 heterocycles. The second-order valence-corrected chi connectivity index (χ2v) is 5.76. The van der Waals surface area contributed by atoms with E-state index in [-0.39, 0.29) is 12.5 Å². The van der Waals surface area contributed by atoms with E-state index in [1.165, 1.54) is 0 Å². The summed E-state index contributed by atoms with van der Waals surface area (Å²) in [5, 5.41) is 15.2. The Morgan fingerprint density at radius 2 is 1.95 bits per heavy atom. The Balaban J connectivity index is 2.22. The molecule has 20 heavy (non-hydrogen) atoms. The third kappa shape index (κ3) is 6.34. The summed E-state index contributed by atoms with van der Waals surface area (Å²) in [5.41, 5.74) is -0.668. The Bertz CT molecular complexity index is 328. The topological polar surface area (TPSA) is 81.7 Å². The zero-order valence-corrected chi connectivity index (χ0v) is 12.6. The molecule has 3 amide bonds. The van der Waals surface area contributed by atoms with Gasteiger partial charge in [0.05, 0.1) is 12.1 Å². The van der Waals surface area contributed by atoms with Crippen LogP contribution in [-0.4, -0.2) is 54.2 Å². The predicted octanol–water partition coefficient (Wildman–Crippen LogP) is 0.849. The average molecular weight is 285 g/mol. The molecule has 6 heteroatoms. The summed E-state index contributed by atoms with van der Waals surface area (Å²) in [6, 6.07) is -0.448. The van der Waals surface area contributed by atoms with Gasteiger partial charge in [0.25, 0.3) is 0 Å². The lowest BCUT2D eigenvalue weighted by Gasteiger charge is -2.28. The van der Waals surface area contributed by atoms with Crippen LogP contribution in [0.2, 0.25) is 0 Å². The molecule has 1 rings (SSSR count). The number of likely N-dealkylation sites (N-methyl/N-ethyl adjacent to an activating group) is 1. The summed E-state index contributed by atoms with van der Waals surface area (Å²) >= 11 is 0. The lowest BCUT2D eigenvalue weighted by atomic mass is 10.0. The van der Waals surface area contributed by atoms with Crippen molar-refractivity contribution in [1.82, 2.24) is 15.5 Å². The van der Waals surface area contributed by atoms with Crippen LogP contribution in [0.1, 0.15) is 45.4 Å². The molecule has 1 aliphatic carbocycles. The van der Waals surface area contributed by atoms with Crippen molar-refractivity contribution in [2.75, 3.05) is 26.7 Å². The fourth-order valence-corrected chi connectivity index (χ4v) is 2.58. The summed E-state index contributed by atoms with van der Waals surface area (Å²) in [6.45, 7) is 3.19. The van der Waals surface area contributed by atoms with Crippen LogP contribution in [0, 0.1) is 0 Å². The number of unbranched alkanes of at least 4 members (excludes halogenated alkanes) is 1. The number of hydrogen-bond acceptors (Lipinski definition) is 4. The van der Waals surface area contributed by atoms with Gasteiger partial charge in [0.1, 0.15) is 0 Å². The Hall–Kier alpha value is -1.14. The maximum Gasteiger partial charge on any atom is 0.321 e. The quantitative estimate of drug-likeness (QED) is 0.606. The van der Waals surface area contributed by atoms with Gasteiger partial charge >= 0.3 is 6.03 Å². The van der Waals surface area contributed by atoms with Gasteiger partial charge in [-0.05, 0) is 26.3 Å². The highest BCUT2D eigenvalue weighted by Gasteiger charge is 2.32. The zero-order valence-electron chi connectivity index (χ0n) is 12.6. The third-order valence-electron chi connectivity index (χ3n) is 3.58. The van der Waals surface area contributed by atoms with E-state index in [0.29, 0.717) is 13.1 Å². The first-order chi connectivity index (χ1) is 9.45. The van der Waals surface area contributed by atoms with Gasteiger partial charge in [0.15, 0.2) is 0 Å². The maximum atomic E-state index is 11.7. The van der Waals surface area contributed by atoms with Gasteiger partial charge in [-0.1, -0.05) is 26.2 Å². The number of amides is 3. The van der Waals surface area contributed by atoms with Gasteiger partial charge in [0.2, 0.25) is 5.91 Å². The molecular formula is C14H27N3O3. The van der Waals surface area contributed by atoms with Gasteiger partial charge in [-0.25, -0.2) is 4.79 Å². The van der Waals surface area contributed by atoms with Gasteiger partial charge in [-0.2, -0.15) is 0 Å².